The third-order valence-electron chi connectivity index (χ3n) is 4.03. The third-order valence-corrected chi connectivity index (χ3v) is 4.88. The van der Waals surface area contributed by atoms with E-state index in [9.17, 15) is 27.6 Å². The second kappa shape index (κ2) is 7.92. The predicted molar refractivity (Wildman–Crippen MR) is 104 cm³/mol. The number of nitrogens with one attached hydrogen (secondary N) is 2. The molecular weight excluding hydrogens is 407 g/mol. The van der Waals surface area contributed by atoms with Crippen molar-refractivity contribution in [2.75, 3.05) is 17.3 Å². The first-order valence-corrected chi connectivity index (χ1v) is 9.08. The molecule has 3 rings (SSSR count). The first-order valence-electron chi connectivity index (χ1n) is 8.20. The molecule has 0 aliphatic rings. The maximum Gasteiger partial charge on any atom is 0.417 e. The van der Waals surface area contributed by atoms with Gasteiger partial charge in [0.1, 0.15) is 5.69 Å². The van der Waals surface area contributed by atoms with E-state index in [1.54, 1.807) is 23.6 Å². The number of anilines is 2. The zero-order valence-corrected chi connectivity index (χ0v) is 15.7. The highest BCUT2D eigenvalue weighted by molar-refractivity contribution is 7.12. The van der Waals surface area contributed by atoms with Crippen molar-refractivity contribution in [1.29, 1.82) is 0 Å². The lowest BCUT2D eigenvalue weighted by atomic mass is 10.1. The average Bonchev–Trinajstić information content (AvgIpc) is 3.22. The fourth-order valence-corrected chi connectivity index (χ4v) is 3.26. The number of hydrogen-bond acceptors (Lipinski definition) is 4. The van der Waals surface area contributed by atoms with Crippen molar-refractivity contribution in [3.8, 4) is 0 Å². The van der Waals surface area contributed by atoms with E-state index in [4.69, 9.17) is 0 Å². The van der Waals surface area contributed by atoms with Gasteiger partial charge in [0, 0.05) is 13.2 Å². The molecule has 0 bridgehead atoms. The van der Waals surface area contributed by atoms with Crippen LogP contribution in [0.25, 0.3) is 0 Å². The van der Waals surface area contributed by atoms with Crippen molar-refractivity contribution in [2.24, 2.45) is 0 Å². The zero-order valence-electron chi connectivity index (χ0n) is 14.9. The van der Waals surface area contributed by atoms with Crippen LogP contribution in [0.4, 0.5) is 24.5 Å². The minimum absolute atomic E-state index is 0.0247. The molecule has 0 atom stereocenters. The molecule has 6 nitrogen and oxygen atoms in total. The standard InChI is InChI=1S/C19H14F3N3O3S/c1-25(18(28)15-7-4-8-29-15)14-6-3-2-5-12(14)16(26)24-13-9-11(19(20,21)22)10-23-17(13)27/h2-10H,1H3,(H,23,27)(H,24,26). The summed E-state index contributed by atoms with van der Waals surface area (Å²) in [5.74, 6) is -1.17. The van der Waals surface area contributed by atoms with E-state index in [1.807, 2.05) is 4.98 Å². The predicted octanol–water partition coefficient (Wildman–Crippen LogP) is 3.98. The Bertz CT molecular complexity index is 1110. The van der Waals surface area contributed by atoms with Crippen molar-refractivity contribution >= 4 is 34.5 Å². The van der Waals surface area contributed by atoms with E-state index in [0.29, 0.717) is 17.1 Å². The van der Waals surface area contributed by atoms with Gasteiger partial charge in [-0.3, -0.25) is 14.4 Å². The van der Waals surface area contributed by atoms with Crippen LogP contribution in [0.3, 0.4) is 0 Å². The molecule has 0 radical (unpaired) electrons. The molecule has 0 spiro atoms. The van der Waals surface area contributed by atoms with Crippen LogP contribution >= 0.6 is 11.3 Å². The Morgan fingerprint density at radius 1 is 1.14 bits per heavy atom. The van der Waals surface area contributed by atoms with Crippen LogP contribution in [-0.4, -0.2) is 23.8 Å². The molecule has 2 heterocycles. The lowest BCUT2D eigenvalue weighted by Gasteiger charge is -2.20. The Hall–Kier alpha value is -3.40. The van der Waals surface area contributed by atoms with E-state index < -0.39 is 28.9 Å². The topological polar surface area (TPSA) is 82.3 Å². The van der Waals surface area contributed by atoms with Crippen LogP contribution in [-0.2, 0) is 6.18 Å². The summed E-state index contributed by atoms with van der Waals surface area (Å²) in [5, 5.41) is 3.93. The monoisotopic (exact) mass is 421 g/mol. The Kier molecular flexibility index (Phi) is 5.55. The van der Waals surface area contributed by atoms with Gasteiger partial charge >= 0.3 is 6.18 Å². The molecule has 0 saturated carbocycles. The average molecular weight is 421 g/mol. The van der Waals surface area contributed by atoms with Gasteiger partial charge in [-0.2, -0.15) is 13.2 Å². The fraction of sp³-hybridized carbons (Fsp3) is 0.105. The SMILES string of the molecule is CN(C(=O)c1cccs1)c1ccccc1C(=O)Nc1cc(C(F)(F)F)c[nH]c1=O. The van der Waals surface area contributed by atoms with Crippen LogP contribution in [0, 0.1) is 0 Å². The van der Waals surface area contributed by atoms with Gasteiger partial charge in [0.25, 0.3) is 17.4 Å². The van der Waals surface area contributed by atoms with Gasteiger partial charge < -0.3 is 15.2 Å². The molecule has 2 aromatic heterocycles. The Morgan fingerprint density at radius 2 is 1.86 bits per heavy atom. The van der Waals surface area contributed by atoms with Crippen molar-refractivity contribution in [3.63, 3.8) is 0 Å². The number of pyridine rings is 1. The molecule has 0 fully saturated rings. The van der Waals surface area contributed by atoms with Crippen molar-refractivity contribution in [2.45, 2.75) is 6.18 Å². The van der Waals surface area contributed by atoms with Gasteiger partial charge in [0.2, 0.25) is 0 Å². The molecule has 0 aliphatic carbocycles. The summed E-state index contributed by atoms with van der Waals surface area (Å²) in [4.78, 5) is 40.8. The maximum atomic E-state index is 12.9. The lowest BCUT2D eigenvalue weighted by molar-refractivity contribution is -0.137. The van der Waals surface area contributed by atoms with E-state index >= 15 is 0 Å². The quantitative estimate of drug-likeness (QED) is 0.669. The minimum Gasteiger partial charge on any atom is -0.327 e. The summed E-state index contributed by atoms with van der Waals surface area (Å²) in [6.07, 6.45) is -4.16. The Labute approximate surface area is 166 Å². The summed E-state index contributed by atoms with van der Waals surface area (Å²) in [7, 11) is 1.48. The number of halogens is 3. The molecule has 0 unspecified atom stereocenters. The van der Waals surface area contributed by atoms with Gasteiger partial charge in [0.15, 0.2) is 0 Å². The number of hydrogen-bond donors (Lipinski definition) is 2. The largest absolute Gasteiger partial charge is 0.417 e. The molecule has 1 aromatic carbocycles. The summed E-state index contributed by atoms with van der Waals surface area (Å²) in [5.41, 5.74) is -2.27. The van der Waals surface area contributed by atoms with Crippen molar-refractivity contribution in [1.82, 2.24) is 4.98 Å². The van der Waals surface area contributed by atoms with E-state index in [0.717, 1.165) is 0 Å². The highest BCUT2D eigenvalue weighted by Crippen LogP contribution is 2.29. The van der Waals surface area contributed by atoms with Crippen LogP contribution in [0.2, 0.25) is 0 Å². The minimum atomic E-state index is -4.69. The van der Waals surface area contributed by atoms with E-state index in [1.165, 1.54) is 41.5 Å². The smallest absolute Gasteiger partial charge is 0.327 e. The third kappa shape index (κ3) is 4.37. The van der Waals surface area contributed by atoms with Gasteiger partial charge in [-0.05, 0) is 29.6 Å². The van der Waals surface area contributed by atoms with E-state index in [2.05, 4.69) is 5.32 Å². The molecule has 2 amide bonds. The fourth-order valence-electron chi connectivity index (χ4n) is 2.56. The number of thiophene rings is 1. The first-order chi connectivity index (χ1) is 13.7. The number of carbonyl (C=O) groups excluding carboxylic acids is 2. The van der Waals surface area contributed by atoms with Crippen LogP contribution in [0.1, 0.15) is 25.6 Å². The summed E-state index contributed by atoms with van der Waals surface area (Å²) >= 11 is 1.23. The lowest BCUT2D eigenvalue weighted by Crippen LogP contribution is -2.29. The van der Waals surface area contributed by atoms with Crippen LogP contribution in [0.5, 0.6) is 0 Å². The highest BCUT2D eigenvalue weighted by atomic mass is 32.1. The second-order valence-electron chi connectivity index (χ2n) is 5.94. The molecule has 0 aliphatic heterocycles. The van der Waals surface area contributed by atoms with Crippen molar-refractivity contribution < 1.29 is 22.8 Å². The summed E-state index contributed by atoms with van der Waals surface area (Å²) < 4.78 is 38.6. The van der Waals surface area contributed by atoms with Gasteiger partial charge in [-0.25, -0.2) is 0 Å². The number of benzene rings is 1. The molecule has 0 saturated heterocycles. The number of amides is 2. The first kappa shape index (κ1) is 20.3. The van der Waals surface area contributed by atoms with Crippen molar-refractivity contribution in [3.05, 3.63) is 80.4 Å². The number of alkyl halides is 3. The number of rotatable bonds is 4. The number of para-hydroxylation sites is 1. The number of aromatic nitrogens is 1. The highest BCUT2D eigenvalue weighted by Gasteiger charge is 2.31. The number of H-pyrrole nitrogens is 1. The molecule has 2 N–H and O–H groups in total. The Balaban J connectivity index is 1.92. The summed E-state index contributed by atoms with van der Waals surface area (Å²) in [6.45, 7) is 0. The molecular formula is C19H14F3N3O3S. The summed E-state index contributed by atoms with van der Waals surface area (Å²) in [6, 6.07) is 9.99. The van der Waals surface area contributed by atoms with Gasteiger partial charge in [-0.1, -0.05) is 18.2 Å². The zero-order chi connectivity index (χ0) is 21.2. The molecule has 150 valence electrons. The van der Waals surface area contributed by atoms with Crippen LogP contribution in [0.15, 0.2) is 58.8 Å². The second-order valence-corrected chi connectivity index (χ2v) is 6.89. The Morgan fingerprint density at radius 3 is 2.52 bits per heavy atom. The molecule has 10 heteroatoms. The molecule has 29 heavy (non-hydrogen) atoms. The number of carbonyl (C=O) groups is 2. The number of nitrogens with zero attached hydrogens (tertiary/aromatic N) is 1. The van der Waals surface area contributed by atoms with Gasteiger partial charge in [0.05, 0.1) is 21.7 Å². The van der Waals surface area contributed by atoms with E-state index in [-0.39, 0.29) is 17.2 Å². The maximum absolute atomic E-state index is 12.9. The normalized spacial score (nSPS) is 11.2. The molecule has 3 aromatic rings. The van der Waals surface area contributed by atoms with Gasteiger partial charge in [-0.15, -0.1) is 11.3 Å². The number of aromatic amines is 1. The van der Waals surface area contributed by atoms with Crippen LogP contribution < -0.4 is 15.8 Å².